The van der Waals surface area contributed by atoms with Gasteiger partial charge in [0.05, 0.1) is 13.7 Å². The second kappa shape index (κ2) is 7.98. The van der Waals surface area contributed by atoms with Crippen LogP contribution in [0.4, 0.5) is 13.6 Å². The number of benzene rings is 2. The van der Waals surface area contributed by atoms with Crippen molar-refractivity contribution in [3.8, 4) is 5.75 Å². The molecule has 1 N–H and O–H groups in total. The Hall–Kier alpha value is -3.29. The summed E-state index contributed by atoms with van der Waals surface area (Å²) in [5, 5.41) is 2.63. The second-order valence-corrected chi connectivity index (χ2v) is 7.05. The van der Waals surface area contributed by atoms with Gasteiger partial charge in [0, 0.05) is 5.56 Å². The molecule has 1 heterocycles. The molecule has 0 aromatic heterocycles. The van der Waals surface area contributed by atoms with Crippen LogP contribution in [0.5, 0.6) is 5.75 Å². The fourth-order valence-electron chi connectivity index (χ4n) is 3.15. The number of ketones is 1. The molecule has 29 heavy (non-hydrogen) atoms. The van der Waals surface area contributed by atoms with Gasteiger partial charge in [0.25, 0.3) is 5.91 Å². The van der Waals surface area contributed by atoms with Crippen molar-refractivity contribution in [1.29, 1.82) is 0 Å². The Bertz CT molecular complexity index is 962. The zero-order valence-corrected chi connectivity index (χ0v) is 16.0. The van der Waals surface area contributed by atoms with E-state index in [1.807, 2.05) is 12.1 Å². The summed E-state index contributed by atoms with van der Waals surface area (Å²) < 4.78 is 31.5. The number of Topliss-reactive ketones (excluding diaryl/α,β-unsaturated/α-hetero) is 1. The van der Waals surface area contributed by atoms with Crippen LogP contribution in [-0.2, 0) is 11.2 Å². The summed E-state index contributed by atoms with van der Waals surface area (Å²) in [5.74, 6) is -2.73. The minimum Gasteiger partial charge on any atom is -0.497 e. The number of aryl methyl sites for hydroxylation is 1. The topological polar surface area (TPSA) is 75.7 Å². The summed E-state index contributed by atoms with van der Waals surface area (Å²) in [5.41, 5.74) is -0.313. The van der Waals surface area contributed by atoms with Gasteiger partial charge in [-0.05, 0) is 55.7 Å². The van der Waals surface area contributed by atoms with Crippen molar-refractivity contribution in [1.82, 2.24) is 10.2 Å². The van der Waals surface area contributed by atoms with Crippen molar-refractivity contribution in [3.05, 3.63) is 65.2 Å². The first-order chi connectivity index (χ1) is 13.7. The lowest BCUT2D eigenvalue weighted by Crippen LogP contribution is -2.44. The van der Waals surface area contributed by atoms with Gasteiger partial charge >= 0.3 is 6.03 Å². The minimum absolute atomic E-state index is 0.115. The SMILES string of the molecule is COc1ccc(CC[C@@]2(C)NC(=O)N(CC(=O)c3ccc(F)c(F)c3)C2=O)cc1. The van der Waals surface area contributed by atoms with Crippen LogP contribution in [0.3, 0.4) is 0 Å². The van der Waals surface area contributed by atoms with Crippen molar-refractivity contribution < 1.29 is 27.9 Å². The number of hydrogen-bond donors (Lipinski definition) is 1. The Kier molecular flexibility index (Phi) is 5.63. The summed E-state index contributed by atoms with van der Waals surface area (Å²) in [6.07, 6.45) is 0.858. The van der Waals surface area contributed by atoms with Crippen molar-refractivity contribution in [2.75, 3.05) is 13.7 Å². The van der Waals surface area contributed by atoms with E-state index in [-0.39, 0.29) is 5.56 Å². The van der Waals surface area contributed by atoms with Crippen molar-refractivity contribution in [3.63, 3.8) is 0 Å². The third-order valence-electron chi connectivity index (χ3n) is 4.96. The fraction of sp³-hybridized carbons (Fsp3) is 0.286. The molecule has 3 amide bonds. The van der Waals surface area contributed by atoms with Gasteiger partial charge in [-0.25, -0.2) is 13.6 Å². The summed E-state index contributed by atoms with van der Waals surface area (Å²) in [7, 11) is 1.57. The molecule has 152 valence electrons. The van der Waals surface area contributed by atoms with E-state index in [0.29, 0.717) is 18.6 Å². The van der Waals surface area contributed by atoms with Gasteiger partial charge in [-0.1, -0.05) is 12.1 Å². The van der Waals surface area contributed by atoms with E-state index < -0.39 is 41.4 Å². The molecule has 0 radical (unpaired) electrons. The summed E-state index contributed by atoms with van der Waals surface area (Å²) in [6.45, 7) is 1.05. The first kappa shape index (κ1) is 20.4. The third kappa shape index (κ3) is 4.26. The lowest BCUT2D eigenvalue weighted by Gasteiger charge is -2.21. The van der Waals surface area contributed by atoms with E-state index >= 15 is 0 Å². The predicted molar refractivity (Wildman–Crippen MR) is 101 cm³/mol. The van der Waals surface area contributed by atoms with E-state index in [1.54, 1.807) is 26.2 Å². The van der Waals surface area contributed by atoms with Crippen LogP contribution < -0.4 is 10.1 Å². The van der Waals surface area contributed by atoms with E-state index in [2.05, 4.69) is 5.32 Å². The van der Waals surface area contributed by atoms with Crippen molar-refractivity contribution in [2.24, 2.45) is 0 Å². The molecule has 2 aromatic carbocycles. The van der Waals surface area contributed by atoms with Crippen LogP contribution in [0.15, 0.2) is 42.5 Å². The van der Waals surface area contributed by atoms with Crippen molar-refractivity contribution in [2.45, 2.75) is 25.3 Å². The number of urea groups is 1. The van der Waals surface area contributed by atoms with Crippen LogP contribution >= 0.6 is 0 Å². The molecule has 1 aliphatic rings. The molecule has 1 aliphatic heterocycles. The monoisotopic (exact) mass is 402 g/mol. The highest BCUT2D eigenvalue weighted by Crippen LogP contribution is 2.24. The normalized spacial score (nSPS) is 18.7. The van der Waals surface area contributed by atoms with Gasteiger partial charge < -0.3 is 10.1 Å². The molecular formula is C21H20F2N2O4. The molecule has 0 aliphatic carbocycles. The van der Waals surface area contributed by atoms with Crippen LogP contribution in [0, 0.1) is 11.6 Å². The number of methoxy groups -OCH3 is 1. The molecule has 0 saturated carbocycles. The Morgan fingerprint density at radius 3 is 2.41 bits per heavy atom. The molecule has 3 rings (SSSR count). The highest BCUT2D eigenvalue weighted by molar-refractivity contribution is 6.11. The maximum absolute atomic E-state index is 13.3. The smallest absolute Gasteiger partial charge is 0.325 e. The number of carbonyl (C=O) groups is 3. The first-order valence-corrected chi connectivity index (χ1v) is 8.99. The number of hydrogen-bond acceptors (Lipinski definition) is 4. The predicted octanol–water partition coefficient (Wildman–Crippen LogP) is 3.10. The number of carbonyl (C=O) groups excluding carboxylic acids is 3. The zero-order valence-electron chi connectivity index (χ0n) is 16.0. The van der Waals surface area contributed by atoms with E-state index in [0.717, 1.165) is 28.7 Å². The maximum Gasteiger partial charge on any atom is 0.325 e. The zero-order chi connectivity index (χ0) is 21.2. The molecule has 1 fully saturated rings. The largest absolute Gasteiger partial charge is 0.497 e. The number of rotatable bonds is 7. The van der Waals surface area contributed by atoms with Crippen molar-refractivity contribution >= 4 is 17.7 Å². The number of halogens is 2. The molecule has 2 aromatic rings. The fourth-order valence-corrected chi connectivity index (χ4v) is 3.15. The molecular weight excluding hydrogens is 382 g/mol. The number of nitrogens with zero attached hydrogens (tertiary/aromatic N) is 1. The van der Waals surface area contributed by atoms with Gasteiger partial charge in [-0.2, -0.15) is 0 Å². The van der Waals surface area contributed by atoms with Gasteiger partial charge in [0.1, 0.15) is 11.3 Å². The molecule has 0 bridgehead atoms. The summed E-state index contributed by atoms with van der Waals surface area (Å²) >= 11 is 0. The first-order valence-electron chi connectivity index (χ1n) is 8.99. The average Bonchev–Trinajstić information content (AvgIpc) is 2.92. The lowest BCUT2D eigenvalue weighted by atomic mass is 9.93. The molecule has 8 heteroatoms. The molecule has 0 spiro atoms. The van der Waals surface area contributed by atoms with E-state index in [9.17, 15) is 23.2 Å². The number of amides is 3. The highest BCUT2D eigenvalue weighted by atomic mass is 19.2. The van der Waals surface area contributed by atoms with Gasteiger partial charge in [-0.3, -0.25) is 14.5 Å². The average molecular weight is 402 g/mol. The number of ether oxygens (including phenoxy) is 1. The summed E-state index contributed by atoms with van der Waals surface area (Å²) in [6, 6.07) is 9.35. The lowest BCUT2D eigenvalue weighted by molar-refractivity contribution is -0.130. The Morgan fingerprint density at radius 2 is 1.79 bits per heavy atom. The summed E-state index contributed by atoms with van der Waals surface area (Å²) in [4.78, 5) is 38.2. The Morgan fingerprint density at radius 1 is 1.10 bits per heavy atom. The third-order valence-corrected chi connectivity index (χ3v) is 4.96. The number of imide groups is 1. The van der Waals surface area contributed by atoms with Gasteiger partial charge in [-0.15, -0.1) is 0 Å². The number of nitrogens with one attached hydrogen (secondary N) is 1. The van der Waals surface area contributed by atoms with Gasteiger partial charge in [0.2, 0.25) is 0 Å². The highest BCUT2D eigenvalue weighted by Gasteiger charge is 2.47. The quantitative estimate of drug-likeness (QED) is 0.570. The van der Waals surface area contributed by atoms with Crippen LogP contribution in [0.1, 0.15) is 29.3 Å². The second-order valence-electron chi connectivity index (χ2n) is 7.05. The van der Waals surface area contributed by atoms with Crippen LogP contribution in [0.25, 0.3) is 0 Å². The molecule has 1 saturated heterocycles. The Balaban J connectivity index is 1.67. The maximum atomic E-state index is 13.3. The minimum atomic E-state index is -1.17. The van der Waals surface area contributed by atoms with Crippen LogP contribution in [-0.4, -0.2) is 41.8 Å². The van der Waals surface area contributed by atoms with E-state index in [1.165, 1.54) is 0 Å². The molecule has 0 unspecified atom stereocenters. The molecule has 1 atom stereocenters. The van der Waals surface area contributed by atoms with Gasteiger partial charge in [0.15, 0.2) is 17.4 Å². The van der Waals surface area contributed by atoms with Crippen LogP contribution in [0.2, 0.25) is 0 Å². The molecule has 6 nitrogen and oxygen atoms in total. The standard InChI is InChI=1S/C21H20F2N2O4/c1-21(10-9-13-3-6-15(29-2)7-4-13)19(27)25(20(28)24-21)12-18(26)14-5-8-16(22)17(23)11-14/h3-8,11H,9-10,12H2,1-2H3,(H,24,28)/t21-/m1/s1. The Labute approximate surface area is 166 Å². The van der Waals surface area contributed by atoms with E-state index in [4.69, 9.17) is 4.74 Å².